The van der Waals surface area contributed by atoms with Gasteiger partial charge in [0.1, 0.15) is 5.75 Å². The predicted molar refractivity (Wildman–Crippen MR) is 119 cm³/mol. The van der Waals surface area contributed by atoms with Gasteiger partial charge in [-0.1, -0.05) is 12.1 Å². The minimum absolute atomic E-state index is 0.370. The van der Waals surface area contributed by atoms with Gasteiger partial charge >= 0.3 is 0 Å². The van der Waals surface area contributed by atoms with Gasteiger partial charge in [0, 0.05) is 63.2 Å². The number of aromatic nitrogens is 4. The normalized spacial score (nSPS) is 16.7. The fourth-order valence-corrected chi connectivity index (χ4v) is 4.04. The Morgan fingerprint density at radius 3 is 2.83 bits per heavy atom. The van der Waals surface area contributed by atoms with Gasteiger partial charge < -0.3 is 9.64 Å². The standard InChI is InChI=1S/C23H30N6O/c1-5-29-15-17(12-25-29)14-28-10-9-19(16-28)22-21(13-24-23(26-22)27(2)3)18-7-6-8-20(11-18)30-4/h6-8,11-13,15,19H,5,9-10,14,16H2,1-4H3/t19-/m0/s1. The molecule has 158 valence electrons. The van der Waals surface area contributed by atoms with Crippen molar-refractivity contribution in [3.8, 4) is 16.9 Å². The van der Waals surface area contributed by atoms with Crippen LogP contribution < -0.4 is 9.64 Å². The lowest BCUT2D eigenvalue weighted by Crippen LogP contribution is -2.20. The van der Waals surface area contributed by atoms with Crippen molar-refractivity contribution in [2.75, 3.05) is 39.2 Å². The lowest BCUT2D eigenvalue weighted by molar-refractivity contribution is 0.326. The first-order valence-corrected chi connectivity index (χ1v) is 10.5. The van der Waals surface area contributed by atoms with E-state index in [1.807, 2.05) is 48.2 Å². The molecule has 2 aromatic heterocycles. The second-order valence-electron chi connectivity index (χ2n) is 8.02. The third-order valence-electron chi connectivity index (χ3n) is 5.66. The Morgan fingerprint density at radius 1 is 1.23 bits per heavy atom. The van der Waals surface area contributed by atoms with E-state index < -0.39 is 0 Å². The van der Waals surface area contributed by atoms with Crippen LogP contribution in [0.2, 0.25) is 0 Å². The maximum Gasteiger partial charge on any atom is 0.225 e. The molecule has 30 heavy (non-hydrogen) atoms. The van der Waals surface area contributed by atoms with E-state index in [4.69, 9.17) is 9.72 Å². The van der Waals surface area contributed by atoms with E-state index in [1.54, 1.807) is 7.11 Å². The smallest absolute Gasteiger partial charge is 0.225 e. The summed E-state index contributed by atoms with van der Waals surface area (Å²) >= 11 is 0. The zero-order chi connectivity index (χ0) is 21.1. The van der Waals surface area contributed by atoms with Crippen LogP contribution in [0.4, 0.5) is 5.95 Å². The largest absolute Gasteiger partial charge is 0.497 e. The van der Waals surface area contributed by atoms with Crippen LogP contribution >= 0.6 is 0 Å². The lowest BCUT2D eigenvalue weighted by Gasteiger charge is -2.19. The fourth-order valence-electron chi connectivity index (χ4n) is 4.04. The molecule has 4 rings (SSSR count). The van der Waals surface area contributed by atoms with Crippen LogP contribution in [0.1, 0.15) is 30.5 Å². The number of rotatable bonds is 7. The molecule has 1 aromatic carbocycles. The van der Waals surface area contributed by atoms with E-state index in [0.717, 1.165) is 61.1 Å². The second-order valence-corrected chi connectivity index (χ2v) is 8.02. The molecule has 1 fully saturated rings. The van der Waals surface area contributed by atoms with Crippen molar-refractivity contribution in [2.45, 2.75) is 32.4 Å². The number of benzene rings is 1. The van der Waals surface area contributed by atoms with Gasteiger partial charge in [0.25, 0.3) is 0 Å². The van der Waals surface area contributed by atoms with E-state index in [9.17, 15) is 0 Å². The number of anilines is 1. The SMILES string of the molecule is CCn1cc(CN2CC[C@H](c3nc(N(C)C)ncc3-c3cccc(OC)c3)C2)cn1. The van der Waals surface area contributed by atoms with Crippen LogP contribution in [0.15, 0.2) is 42.9 Å². The summed E-state index contributed by atoms with van der Waals surface area (Å²) in [6.07, 6.45) is 7.17. The van der Waals surface area contributed by atoms with Gasteiger partial charge in [-0.25, -0.2) is 9.97 Å². The third kappa shape index (κ3) is 4.31. The highest BCUT2D eigenvalue weighted by molar-refractivity contribution is 5.68. The quantitative estimate of drug-likeness (QED) is 0.599. The summed E-state index contributed by atoms with van der Waals surface area (Å²) in [5.74, 6) is 1.96. The van der Waals surface area contributed by atoms with Crippen LogP contribution in [-0.4, -0.2) is 58.9 Å². The maximum atomic E-state index is 5.43. The third-order valence-corrected chi connectivity index (χ3v) is 5.66. The zero-order valence-electron chi connectivity index (χ0n) is 18.2. The molecule has 0 radical (unpaired) electrons. The molecule has 3 aromatic rings. The van der Waals surface area contributed by atoms with Gasteiger partial charge in [-0.2, -0.15) is 5.10 Å². The lowest BCUT2D eigenvalue weighted by atomic mass is 9.96. The molecule has 0 unspecified atom stereocenters. The van der Waals surface area contributed by atoms with Gasteiger partial charge in [-0.05, 0) is 37.6 Å². The molecule has 1 saturated heterocycles. The highest BCUT2D eigenvalue weighted by Gasteiger charge is 2.28. The van der Waals surface area contributed by atoms with Crippen molar-refractivity contribution in [1.29, 1.82) is 0 Å². The number of ether oxygens (including phenoxy) is 1. The summed E-state index contributed by atoms with van der Waals surface area (Å²) in [5.41, 5.74) is 4.57. The van der Waals surface area contributed by atoms with Gasteiger partial charge in [-0.3, -0.25) is 9.58 Å². The molecular formula is C23H30N6O. The molecule has 0 amide bonds. The monoisotopic (exact) mass is 406 g/mol. The van der Waals surface area contributed by atoms with Gasteiger partial charge in [0.05, 0.1) is 19.0 Å². The van der Waals surface area contributed by atoms with Crippen molar-refractivity contribution in [1.82, 2.24) is 24.6 Å². The van der Waals surface area contributed by atoms with Gasteiger partial charge in [0.15, 0.2) is 0 Å². The average Bonchev–Trinajstić information content (AvgIpc) is 3.43. The number of likely N-dealkylation sites (tertiary alicyclic amines) is 1. The molecule has 3 heterocycles. The van der Waals surface area contributed by atoms with Crippen LogP contribution in [-0.2, 0) is 13.1 Å². The summed E-state index contributed by atoms with van der Waals surface area (Å²) in [4.78, 5) is 14.0. The molecule has 1 aliphatic heterocycles. The number of hydrogen-bond acceptors (Lipinski definition) is 6. The first-order chi connectivity index (χ1) is 14.6. The van der Waals surface area contributed by atoms with E-state index in [2.05, 4.69) is 40.2 Å². The van der Waals surface area contributed by atoms with Crippen LogP contribution in [0.5, 0.6) is 5.75 Å². The Kier molecular flexibility index (Phi) is 5.99. The predicted octanol–water partition coefficient (Wildman–Crippen LogP) is 3.42. The van der Waals surface area contributed by atoms with Crippen molar-refractivity contribution < 1.29 is 4.74 Å². The van der Waals surface area contributed by atoms with Gasteiger partial charge in [0.2, 0.25) is 5.95 Å². The van der Waals surface area contributed by atoms with Gasteiger partial charge in [-0.15, -0.1) is 0 Å². The van der Waals surface area contributed by atoms with Crippen molar-refractivity contribution in [3.05, 3.63) is 54.1 Å². The summed E-state index contributed by atoms with van der Waals surface area (Å²) in [5, 5.41) is 4.41. The first-order valence-electron chi connectivity index (χ1n) is 10.5. The summed E-state index contributed by atoms with van der Waals surface area (Å²) < 4.78 is 7.42. The summed E-state index contributed by atoms with van der Waals surface area (Å²) in [6, 6.07) is 8.14. The van der Waals surface area contributed by atoms with Crippen molar-refractivity contribution in [3.63, 3.8) is 0 Å². The first kappa shape index (κ1) is 20.3. The van der Waals surface area contributed by atoms with E-state index in [-0.39, 0.29) is 0 Å². The molecule has 0 spiro atoms. The molecule has 0 bridgehead atoms. The zero-order valence-corrected chi connectivity index (χ0v) is 18.2. The minimum Gasteiger partial charge on any atom is -0.497 e. The number of hydrogen-bond donors (Lipinski definition) is 0. The van der Waals surface area contributed by atoms with Crippen LogP contribution in [0, 0.1) is 0 Å². The molecule has 1 aliphatic rings. The number of methoxy groups -OCH3 is 1. The number of nitrogens with zero attached hydrogens (tertiary/aromatic N) is 6. The Hall–Kier alpha value is -2.93. The Morgan fingerprint density at radius 2 is 2.10 bits per heavy atom. The molecule has 0 N–H and O–H groups in total. The minimum atomic E-state index is 0.370. The second kappa shape index (κ2) is 8.83. The molecule has 7 heteroatoms. The highest BCUT2D eigenvalue weighted by Crippen LogP contribution is 2.35. The molecule has 7 nitrogen and oxygen atoms in total. The fraction of sp³-hybridized carbons (Fsp3) is 0.435. The van der Waals surface area contributed by atoms with Crippen molar-refractivity contribution in [2.24, 2.45) is 0 Å². The van der Waals surface area contributed by atoms with Crippen LogP contribution in [0.25, 0.3) is 11.1 Å². The average molecular weight is 407 g/mol. The highest BCUT2D eigenvalue weighted by atomic mass is 16.5. The molecule has 0 saturated carbocycles. The van der Waals surface area contributed by atoms with Crippen molar-refractivity contribution >= 4 is 5.95 Å². The summed E-state index contributed by atoms with van der Waals surface area (Å²) in [7, 11) is 5.66. The van der Waals surface area contributed by atoms with E-state index in [0.29, 0.717) is 5.92 Å². The maximum absolute atomic E-state index is 5.43. The van der Waals surface area contributed by atoms with E-state index >= 15 is 0 Å². The topological polar surface area (TPSA) is 59.3 Å². The molecule has 0 aliphatic carbocycles. The van der Waals surface area contributed by atoms with Crippen LogP contribution in [0.3, 0.4) is 0 Å². The molecule has 1 atom stereocenters. The van der Waals surface area contributed by atoms with E-state index in [1.165, 1.54) is 5.56 Å². The Labute approximate surface area is 178 Å². The Bertz CT molecular complexity index is 999. The number of aryl methyl sites for hydroxylation is 1. The Balaban J connectivity index is 1.60. The summed E-state index contributed by atoms with van der Waals surface area (Å²) in [6.45, 7) is 5.98. The molecular weight excluding hydrogens is 376 g/mol.